The van der Waals surface area contributed by atoms with Crippen LogP contribution in [-0.2, 0) is 22.5 Å². The summed E-state index contributed by atoms with van der Waals surface area (Å²) >= 11 is 0. The highest BCUT2D eigenvalue weighted by atomic mass is 16.6. The van der Waals surface area contributed by atoms with Gasteiger partial charge in [-0.2, -0.15) is 0 Å². The van der Waals surface area contributed by atoms with E-state index in [1.54, 1.807) is 0 Å². The molecule has 3 aromatic rings. The minimum atomic E-state index is -0.961. The van der Waals surface area contributed by atoms with Gasteiger partial charge >= 0.3 is 5.97 Å². The Bertz CT molecular complexity index is 1060. The number of rotatable bonds is 9. The van der Waals surface area contributed by atoms with E-state index in [1.165, 1.54) is 5.56 Å². The standard InChI is InChI=1S/C28H29NO4/c1-20(29-33-28(22-9-4-2-5-10-22)23-11-6-3-7-12-23)17-21-15-16-25-24(18-21)13-8-14-26(25)32-19-27(30)31/h2-14,21,28H,15-19H2,1H3,(H,30,31). The molecule has 4 rings (SSSR count). The summed E-state index contributed by atoms with van der Waals surface area (Å²) in [5.41, 5.74) is 5.48. The second-order valence-electron chi connectivity index (χ2n) is 8.52. The van der Waals surface area contributed by atoms with Gasteiger partial charge < -0.3 is 14.7 Å². The van der Waals surface area contributed by atoms with E-state index in [4.69, 9.17) is 14.7 Å². The number of fused-ring (bicyclic) bond motifs is 1. The van der Waals surface area contributed by atoms with Gasteiger partial charge in [0, 0.05) is 0 Å². The summed E-state index contributed by atoms with van der Waals surface area (Å²) in [6.07, 6.45) is 3.42. The van der Waals surface area contributed by atoms with Gasteiger partial charge in [-0.05, 0) is 66.8 Å². The maximum Gasteiger partial charge on any atom is 0.341 e. The summed E-state index contributed by atoms with van der Waals surface area (Å²) in [4.78, 5) is 16.9. The molecule has 1 aliphatic carbocycles. The molecule has 0 saturated carbocycles. The van der Waals surface area contributed by atoms with Crippen LogP contribution in [0.25, 0.3) is 0 Å². The molecule has 0 amide bonds. The van der Waals surface area contributed by atoms with Crippen LogP contribution in [0.5, 0.6) is 5.75 Å². The van der Waals surface area contributed by atoms with E-state index in [0.717, 1.165) is 48.1 Å². The molecule has 0 aromatic heterocycles. The third kappa shape index (κ3) is 6.01. The number of carbonyl (C=O) groups is 1. The van der Waals surface area contributed by atoms with E-state index in [9.17, 15) is 4.79 Å². The highest BCUT2D eigenvalue weighted by molar-refractivity contribution is 5.81. The number of aliphatic carboxylic acids is 1. The minimum absolute atomic E-state index is 0.247. The Labute approximate surface area is 194 Å². The zero-order valence-corrected chi connectivity index (χ0v) is 18.8. The molecule has 5 nitrogen and oxygen atoms in total. The lowest BCUT2D eigenvalue weighted by Crippen LogP contribution is -2.19. The van der Waals surface area contributed by atoms with Crippen molar-refractivity contribution in [1.82, 2.24) is 0 Å². The molecule has 1 atom stereocenters. The Kier molecular flexibility index (Phi) is 7.40. The van der Waals surface area contributed by atoms with Crippen molar-refractivity contribution in [2.45, 2.75) is 38.7 Å². The van der Waals surface area contributed by atoms with E-state index in [1.807, 2.05) is 55.5 Å². The molecule has 0 spiro atoms. The molecule has 170 valence electrons. The maximum atomic E-state index is 10.9. The third-order valence-electron chi connectivity index (χ3n) is 6.00. The monoisotopic (exact) mass is 443 g/mol. The van der Waals surface area contributed by atoms with Crippen LogP contribution in [0, 0.1) is 5.92 Å². The number of ether oxygens (including phenoxy) is 1. The Morgan fingerprint density at radius 3 is 2.30 bits per heavy atom. The molecule has 1 aliphatic rings. The lowest BCUT2D eigenvalue weighted by atomic mass is 9.81. The molecule has 0 radical (unpaired) electrons. The quantitative estimate of drug-likeness (QED) is 0.334. The Morgan fingerprint density at radius 1 is 1.00 bits per heavy atom. The van der Waals surface area contributed by atoms with E-state index >= 15 is 0 Å². The van der Waals surface area contributed by atoms with Gasteiger partial charge in [0.15, 0.2) is 12.7 Å². The Hall–Kier alpha value is -3.60. The summed E-state index contributed by atoms with van der Waals surface area (Å²) < 4.78 is 5.49. The van der Waals surface area contributed by atoms with Gasteiger partial charge in [-0.15, -0.1) is 0 Å². The molecule has 0 aliphatic heterocycles. The van der Waals surface area contributed by atoms with E-state index in [-0.39, 0.29) is 12.7 Å². The smallest absolute Gasteiger partial charge is 0.341 e. The molecule has 5 heteroatoms. The number of nitrogens with zero attached hydrogens (tertiary/aromatic N) is 1. The fraction of sp³-hybridized carbons (Fsp3) is 0.286. The Balaban J connectivity index is 1.42. The molecule has 0 heterocycles. The summed E-state index contributed by atoms with van der Waals surface area (Å²) in [7, 11) is 0. The lowest BCUT2D eigenvalue weighted by molar-refractivity contribution is -0.139. The van der Waals surface area contributed by atoms with Crippen LogP contribution in [0.15, 0.2) is 84.0 Å². The number of carboxylic acid groups (broad SMARTS) is 1. The average molecular weight is 444 g/mol. The second-order valence-corrected chi connectivity index (χ2v) is 8.52. The number of carboxylic acids is 1. The largest absolute Gasteiger partial charge is 0.482 e. The van der Waals surface area contributed by atoms with Crippen molar-refractivity contribution in [2.24, 2.45) is 11.1 Å². The van der Waals surface area contributed by atoms with Crippen LogP contribution < -0.4 is 4.74 Å². The number of hydrogen-bond donors (Lipinski definition) is 1. The van der Waals surface area contributed by atoms with Gasteiger partial charge in [0.1, 0.15) is 5.75 Å². The minimum Gasteiger partial charge on any atom is -0.482 e. The van der Waals surface area contributed by atoms with Crippen LogP contribution in [0.1, 0.15) is 48.1 Å². The van der Waals surface area contributed by atoms with E-state index in [2.05, 4.69) is 35.5 Å². The first-order chi connectivity index (χ1) is 16.1. The molecule has 1 unspecified atom stereocenters. The first-order valence-electron chi connectivity index (χ1n) is 11.3. The van der Waals surface area contributed by atoms with Crippen molar-refractivity contribution in [2.75, 3.05) is 6.61 Å². The molecule has 0 fully saturated rings. The van der Waals surface area contributed by atoms with Crippen LogP contribution in [-0.4, -0.2) is 23.4 Å². The SMILES string of the molecule is CC(CC1CCc2c(cccc2OCC(=O)O)C1)=NOC(c1ccccc1)c1ccccc1. The molecule has 0 bridgehead atoms. The zero-order valence-electron chi connectivity index (χ0n) is 18.8. The van der Waals surface area contributed by atoms with Crippen LogP contribution >= 0.6 is 0 Å². The average Bonchev–Trinajstić information content (AvgIpc) is 2.84. The molecular weight excluding hydrogens is 414 g/mol. The molecular formula is C28H29NO4. The van der Waals surface area contributed by atoms with Crippen molar-refractivity contribution in [3.63, 3.8) is 0 Å². The van der Waals surface area contributed by atoms with Crippen molar-refractivity contribution < 1.29 is 19.5 Å². The van der Waals surface area contributed by atoms with E-state index in [0.29, 0.717) is 11.7 Å². The maximum absolute atomic E-state index is 10.9. The topological polar surface area (TPSA) is 68.1 Å². The second kappa shape index (κ2) is 10.8. The van der Waals surface area contributed by atoms with Gasteiger partial charge in [0.2, 0.25) is 0 Å². The van der Waals surface area contributed by atoms with Gasteiger partial charge in [-0.25, -0.2) is 4.79 Å². The molecule has 1 N–H and O–H groups in total. The highest BCUT2D eigenvalue weighted by Crippen LogP contribution is 2.34. The third-order valence-corrected chi connectivity index (χ3v) is 6.00. The van der Waals surface area contributed by atoms with Crippen LogP contribution in [0.2, 0.25) is 0 Å². The van der Waals surface area contributed by atoms with Gasteiger partial charge in [0.25, 0.3) is 0 Å². The first-order valence-corrected chi connectivity index (χ1v) is 11.3. The lowest BCUT2D eigenvalue weighted by Gasteiger charge is -2.26. The van der Waals surface area contributed by atoms with Crippen molar-refractivity contribution in [1.29, 1.82) is 0 Å². The summed E-state index contributed by atoms with van der Waals surface area (Å²) in [6, 6.07) is 26.2. The Morgan fingerprint density at radius 2 is 1.67 bits per heavy atom. The van der Waals surface area contributed by atoms with Crippen LogP contribution in [0.4, 0.5) is 0 Å². The summed E-state index contributed by atoms with van der Waals surface area (Å²) in [5.74, 6) is 0.194. The normalized spacial score (nSPS) is 15.7. The summed E-state index contributed by atoms with van der Waals surface area (Å²) in [5, 5.41) is 13.4. The first kappa shape index (κ1) is 22.6. The fourth-order valence-corrected chi connectivity index (χ4v) is 4.46. The number of benzene rings is 3. The fourth-order valence-electron chi connectivity index (χ4n) is 4.46. The van der Waals surface area contributed by atoms with Crippen molar-refractivity contribution in [3.8, 4) is 5.75 Å². The predicted molar refractivity (Wildman–Crippen MR) is 129 cm³/mol. The van der Waals surface area contributed by atoms with E-state index < -0.39 is 5.97 Å². The predicted octanol–water partition coefficient (Wildman–Crippen LogP) is 5.83. The van der Waals surface area contributed by atoms with Crippen molar-refractivity contribution in [3.05, 3.63) is 101 Å². The zero-order chi connectivity index (χ0) is 23.0. The molecule has 0 saturated heterocycles. The number of oxime groups is 1. The molecule has 33 heavy (non-hydrogen) atoms. The molecule has 3 aromatic carbocycles. The van der Waals surface area contributed by atoms with Gasteiger partial charge in [0.05, 0.1) is 5.71 Å². The van der Waals surface area contributed by atoms with Crippen LogP contribution in [0.3, 0.4) is 0 Å². The van der Waals surface area contributed by atoms with Gasteiger partial charge in [-0.1, -0.05) is 78.0 Å². The van der Waals surface area contributed by atoms with Gasteiger partial charge in [-0.3, -0.25) is 0 Å². The highest BCUT2D eigenvalue weighted by Gasteiger charge is 2.23. The van der Waals surface area contributed by atoms with Crippen molar-refractivity contribution >= 4 is 11.7 Å². The summed E-state index contributed by atoms with van der Waals surface area (Å²) in [6.45, 7) is 1.71. The number of hydrogen-bond acceptors (Lipinski definition) is 4.